The summed E-state index contributed by atoms with van der Waals surface area (Å²) < 4.78 is 43.9. The van der Waals surface area contributed by atoms with E-state index in [0.29, 0.717) is 50.8 Å². The number of anilines is 1. The molecule has 2 aliphatic heterocycles. The molecule has 0 saturated carbocycles. The number of oxazole rings is 1. The maximum atomic E-state index is 12.8. The van der Waals surface area contributed by atoms with E-state index in [-0.39, 0.29) is 28.7 Å². The van der Waals surface area contributed by atoms with Crippen molar-refractivity contribution in [1.82, 2.24) is 9.29 Å². The average Bonchev–Trinajstić information content (AvgIpc) is 3.18. The molecule has 1 aromatic carbocycles. The minimum absolute atomic E-state index is 0.0125. The van der Waals surface area contributed by atoms with Crippen LogP contribution in [0, 0.1) is 11.3 Å². The van der Waals surface area contributed by atoms with Gasteiger partial charge in [0.15, 0.2) is 0 Å². The predicted octanol–water partition coefficient (Wildman–Crippen LogP) is 1.85. The fourth-order valence-electron chi connectivity index (χ4n) is 3.77. The van der Waals surface area contributed by atoms with Gasteiger partial charge >= 0.3 is 0 Å². The lowest BCUT2D eigenvalue weighted by Crippen LogP contribution is -2.45. The van der Waals surface area contributed by atoms with Crippen molar-refractivity contribution in [3.8, 4) is 17.5 Å². The van der Waals surface area contributed by atoms with Crippen molar-refractivity contribution in [2.24, 2.45) is 0 Å². The lowest BCUT2D eigenvalue weighted by atomic mass is 10.2. The summed E-state index contributed by atoms with van der Waals surface area (Å²) in [6.45, 7) is 6.62. The van der Waals surface area contributed by atoms with Crippen LogP contribution in [0.3, 0.4) is 0 Å². The van der Waals surface area contributed by atoms with Gasteiger partial charge in [-0.05, 0) is 38.1 Å². The van der Waals surface area contributed by atoms with Gasteiger partial charge in [-0.3, -0.25) is 0 Å². The average molecular weight is 433 g/mol. The number of rotatable bonds is 4. The van der Waals surface area contributed by atoms with Crippen molar-refractivity contribution in [3.05, 3.63) is 30.0 Å². The van der Waals surface area contributed by atoms with E-state index in [0.717, 1.165) is 0 Å². The molecule has 160 valence electrons. The first-order valence-electron chi connectivity index (χ1n) is 9.88. The van der Waals surface area contributed by atoms with Crippen molar-refractivity contribution in [1.29, 1.82) is 5.26 Å². The Hall–Kier alpha value is -2.45. The van der Waals surface area contributed by atoms with Gasteiger partial charge in [0.2, 0.25) is 27.5 Å². The van der Waals surface area contributed by atoms with Crippen LogP contribution in [0.2, 0.25) is 0 Å². The van der Waals surface area contributed by atoms with Gasteiger partial charge in [0, 0.05) is 31.7 Å². The molecule has 3 heterocycles. The first kappa shape index (κ1) is 20.8. The van der Waals surface area contributed by atoms with Gasteiger partial charge in [-0.15, -0.1) is 0 Å². The molecular weight excluding hydrogens is 408 g/mol. The third kappa shape index (κ3) is 4.06. The largest absolute Gasteiger partial charge is 0.419 e. The van der Waals surface area contributed by atoms with Gasteiger partial charge in [-0.25, -0.2) is 8.42 Å². The highest BCUT2D eigenvalue weighted by molar-refractivity contribution is 7.89. The van der Waals surface area contributed by atoms with Crippen LogP contribution < -0.4 is 4.90 Å². The summed E-state index contributed by atoms with van der Waals surface area (Å²) in [5.41, 5.74) is 0.810. The minimum Gasteiger partial charge on any atom is -0.419 e. The summed E-state index contributed by atoms with van der Waals surface area (Å²) in [4.78, 5) is 6.49. The predicted molar refractivity (Wildman–Crippen MR) is 108 cm³/mol. The van der Waals surface area contributed by atoms with E-state index >= 15 is 0 Å². The second-order valence-corrected chi connectivity index (χ2v) is 9.43. The molecule has 2 saturated heterocycles. The molecule has 2 aliphatic rings. The smallest absolute Gasteiger partial charge is 0.243 e. The number of benzene rings is 1. The topological polar surface area (TPSA) is 109 Å². The lowest BCUT2D eigenvalue weighted by molar-refractivity contribution is -0.00638. The van der Waals surface area contributed by atoms with Gasteiger partial charge in [0.1, 0.15) is 6.07 Å². The van der Waals surface area contributed by atoms with Crippen LogP contribution >= 0.6 is 0 Å². The zero-order valence-corrected chi connectivity index (χ0v) is 17.8. The van der Waals surface area contributed by atoms with Crippen LogP contribution in [-0.4, -0.2) is 69.3 Å². The third-order valence-corrected chi connectivity index (χ3v) is 7.04. The number of hydrogen-bond donors (Lipinski definition) is 0. The zero-order valence-electron chi connectivity index (χ0n) is 16.9. The number of ether oxygens (including phenoxy) is 2. The second kappa shape index (κ2) is 8.35. The van der Waals surface area contributed by atoms with Crippen molar-refractivity contribution in [3.63, 3.8) is 0 Å². The molecule has 0 spiro atoms. The summed E-state index contributed by atoms with van der Waals surface area (Å²) in [6.07, 6.45) is 0.0250. The molecule has 9 nitrogen and oxygen atoms in total. The summed E-state index contributed by atoms with van der Waals surface area (Å²) in [6, 6.07) is 8.46. The molecule has 1 aromatic heterocycles. The number of morpholine rings is 2. The van der Waals surface area contributed by atoms with Crippen LogP contribution in [0.1, 0.15) is 19.5 Å². The molecule has 4 rings (SSSR count). The number of hydrogen-bond acceptors (Lipinski definition) is 8. The molecule has 0 amide bonds. The van der Waals surface area contributed by atoms with Crippen LogP contribution in [0.5, 0.6) is 0 Å². The Morgan fingerprint density at radius 1 is 1.10 bits per heavy atom. The Kier molecular flexibility index (Phi) is 5.79. The van der Waals surface area contributed by atoms with Crippen LogP contribution in [-0.2, 0) is 19.5 Å². The van der Waals surface area contributed by atoms with Crippen LogP contribution in [0.4, 0.5) is 5.88 Å². The summed E-state index contributed by atoms with van der Waals surface area (Å²) in [5, 5.41) is 9.51. The van der Waals surface area contributed by atoms with E-state index in [4.69, 9.17) is 13.9 Å². The molecule has 10 heteroatoms. The van der Waals surface area contributed by atoms with E-state index < -0.39 is 10.0 Å². The Bertz CT molecular complexity index is 1030. The van der Waals surface area contributed by atoms with Crippen molar-refractivity contribution >= 4 is 15.9 Å². The normalized spacial score (nSPS) is 23.3. The first-order valence-corrected chi connectivity index (χ1v) is 11.3. The fraction of sp³-hybridized carbons (Fsp3) is 0.500. The van der Waals surface area contributed by atoms with Crippen molar-refractivity contribution in [2.45, 2.75) is 31.0 Å². The molecule has 2 aromatic rings. The summed E-state index contributed by atoms with van der Waals surface area (Å²) >= 11 is 0. The first-order chi connectivity index (χ1) is 14.4. The number of sulfonamides is 1. The zero-order chi connectivity index (χ0) is 21.3. The maximum absolute atomic E-state index is 12.8. The highest BCUT2D eigenvalue weighted by Gasteiger charge is 2.29. The molecule has 0 unspecified atom stereocenters. The number of nitrogens with zero attached hydrogens (tertiary/aromatic N) is 4. The molecule has 30 heavy (non-hydrogen) atoms. The quantitative estimate of drug-likeness (QED) is 0.720. The number of aromatic nitrogens is 1. The van der Waals surface area contributed by atoms with Gasteiger partial charge in [0.05, 0.1) is 30.3 Å². The van der Waals surface area contributed by atoms with Crippen molar-refractivity contribution in [2.75, 3.05) is 44.3 Å². The molecule has 0 aliphatic carbocycles. The molecule has 0 bridgehead atoms. The molecule has 0 N–H and O–H groups in total. The summed E-state index contributed by atoms with van der Waals surface area (Å²) in [7, 11) is -3.57. The third-order valence-electron chi connectivity index (χ3n) is 5.13. The van der Waals surface area contributed by atoms with Gasteiger partial charge in [-0.1, -0.05) is 0 Å². The Balaban J connectivity index is 1.59. The van der Waals surface area contributed by atoms with E-state index in [1.54, 1.807) is 12.1 Å². The van der Waals surface area contributed by atoms with Crippen LogP contribution in [0.25, 0.3) is 11.5 Å². The van der Waals surface area contributed by atoms with E-state index in [1.165, 1.54) is 16.4 Å². The van der Waals surface area contributed by atoms with E-state index in [2.05, 4.69) is 11.1 Å². The lowest BCUT2D eigenvalue weighted by Gasteiger charge is -2.34. The maximum Gasteiger partial charge on any atom is 0.243 e. The summed E-state index contributed by atoms with van der Waals surface area (Å²) in [5.74, 6) is 0.697. The standard InChI is InChI=1S/C20H24N4O5S/c1-14-12-23(13-15(2)28-14)20-18(11-21)22-19(29-20)16-3-5-17(6-4-16)30(25,26)24-7-9-27-10-8-24/h3-6,14-15H,7-10,12-13H2,1-2H3/t14-,15-/m1/s1. The van der Waals surface area contributed by atoms with Crippen molar-refractivity contribution < 1.29 is 22.3 Å². The van der Waals surface area contributed by atoms with Gasteiger partial charge < -0.3 is 18.8 Å². The monoisotopic (exact) mass is 432 g/mol. The highest BCUT2D eigenvalue weighted by atomic mass is 32.2. The molecule has 2 fully saturated rings. The molecule has 0 radical (unpaired) electrons. The van der Waals surface area contributed by atoms with Gasteiger partial charge in [-0.2, -0.15) is 14.6 Å². The Morgan fingerprint density at radius 3 is 2.33 bits per heavy atom. The Morgan fingerprint density at radius 2 is 1.73 bits per heavy atom. The molecular formula is C20H24N4O5S. The fourth-order valence-corrected chi connectivity index (χ4v) is 5.18. The van der Waals surface area contributed by atoms with Gasteiger partial charge in [0.25, 0.3) is 0 Å². The highest BCUT2D eigenvalue weighted by Crippen LogP contribution is 2.31. The van der Waals surface area contributed by atoms with E-state index in [1.807, 2.05) is 18.7 Å². The SMILES string of the molecule is C[C@@H]1CN(c2oc(-c3ccc(S(=O)(=O)N4CCOCC4)cc3)nc2C#N)C[C@@H](C)O1. The number of nitriles is 1. The van der Waals surface area contributed by atoms with E-state index in [9.17, 15) is 13.7 Å². The Labute approximate surface area is 175 Å². The molecule has 2 atom stereocenters. The van der Waals surface area contributed by atoms with Crippen LogP contribution in [0.15, 0.2) is 33.6 Å². The second-order valence-electron chi connectivity index (χ2n) is 7.49. The minimum atomic E-state index is -3.57.